The number of nitrogens with zero attached hydrogens (tertiary/aromatic N) is 2. The van der Waals surface area contributed by atoms with Gasteiger partial charge in [0.25, 0.3) is 0 Å². The summed E-state index contributed by atoms with van der Waals surface area (Å²) in [5.74, 6) is 0. The predicted molar refractivity (Wildman–Crippen MR) is 63.4 cm³/mol. The molecule has 3 N–H and O–H groups in total. The summed E-state index contributed by atoms with van der Waals surface area (Å²) in [6, 6.07) is 1.50. The second kappa shape index (κ2) is 5.05. The third-order valence-electron chi connectivity index (χ3n) is 2.17. The molecule has 1 unspecified atom stereocenters. The number of nitrogens with one attached hydrogen (secondary N) is 1. The summed E-state index contributed by atoms with van der Waals surface area (Å²) in [7, 11) is 0. The topological polar surface area (TPSA) is 91.4 Å². The molecule has 0 spiro atoms. The number of aliphatic hydroxyl groups is 2. The number of aliphatic hydroxyl groups excluding tert-OH is 2. The van der Waals surface area contributed by atoms with Crippen LogP contribution in [0.4, 0.5) is 5.69 Å². The fourth-order valence-corrected chi connectivity index (χ4v) is 1.88. The molecule has 0 aliphatic rings. The van der Waals surface area contributed by atoms with Crippen molar-refractivity contribution in [3.8, 4) is 0 Å². The largest absolute Gasteiger partial charge is 0.394 e. The molecular formula is C9H9Cl2N3O3. The fraction of sp³-hybridized carbons (Fsp3) is 0.333. The second-order valence-corrected chi connectivity index (χ2v) is 4.21. The third kappa shape index (κ3) is 2.44. The van der Waals surface area contributed by atoms with E-state index in [1.807, 2.05) is 0 Å². The van der Waals surface area contributed by atoms with Gasteiger partial charge in [-0.05, 0) is 16.4 Å². The number of fused-ring (bicyclic) bond motifs is 1. The van der Waals surface area contributed by atoms with E-state index in [9.17, 15) is 5.11 Å². The van der Waals surface area contributed by atoms with Crippen LogP contribution >= 0.6 is 23.2 Å². The van der Waals surface area contributed by atoms with Gasteiger partial charge in [0.05, 0.1) is 28.4 Å². The fourth-order valence-electron chi connectivity index (χ4n) is 1.33. The first kappa shape index (κ1) is 12.4. The molecule has 0 bridgehead atoms. The Kier molecular flexibility index (Phi) is 3.68. The molecule has 2 rings (SSSR count). The molecule has 2 aromatic rings. The normalized spacial score (nSPS) is 12.9. The Morgan fingerprint density at radius 3 is 2.71 bits per heavy atom. The first-order valence-corrected chi connectivity index (χ1v) is 5.52. The predicted octanol–water partition coefficient (Wildman–Crippen LogP) is 1.29. The average Bonchev–Trinajstić information content (AvgIpc) is 2.77. The van der Waals surface area contributed by atoms with Gasteiger partial charge in [0.1, 0.15) is 0 Å². The van der Waals surface area contributed by atoms with Crippen LogP contribution in [-0.2, 0) is 0 Å². The number of aromatic nitrogens is 2. The summed E-state index contributed by atoms with van der Waals surface area (Å²) < 4.78 is 4.58. The highest BCUT2D eigenvalue weighted by molar-refractivity contribution is 6.40. The van der Waals surface area contributed by atoms with Gasteiger partial charge in [0.2, 0.25) is 0 Å². The molecule has 17 heavy (non-hydrogen) atoms. The van der Waals surface area contributed by atoms with E-state index in [-0.39, 0.29) is 13.2 Å². The molecule has 1 aromatic heterocycles. The van der Waals surface area contributed by atoms with Crippen molar-refractivity contribution >= 4 is 39.9 Å². The van der Waals surface area contributed by atoms with Crippen LogP contribution in [0.3, 0.4) is 0 Å². The molecule has 0 aliphatic carbocycles. The Hall–Kier alpha value is -1.08. The third-order valence-corrected chi connectivity index (χ3v) is 2.76. The lowest BCUT2D eigenvalue weighted by Gasteiger charge is -2.11. The van der Waals surface area contributed by atoms with E-state index in [0.29, 0.717) is 26.8 Å². The van der Waals surface area contributed by atoms with Crippen LogP contribution in [0.5, 0.6) is 0 Å². The molecule has 6 nitrogen and oxygen atoms in total. The van der Waals surface area contributed by atoms with Crippen molar-refractivity contribution in [2.75, 3.05) is 18.5 Å². The first-order chi connectivity index (χ1) is 8.13. The van der Waals surface area contributed by atoms with Crippen molar-refractivity contribution in [1.82, 2.24) is 10.3 Å². The van der Waals surface area contributed by atoms with Crippen LogP contribution in [0.1, 0.15) is 0 Å². The van der Waals surface area contributed by atoms with Crippen molar-refractivity contribution in [3.63, 3.8) is 0 Å². The Bertz CT molecular complexity index is 531. The summed E-state index contributed by atoms with van der Waals surface area (Å²) in [5, 5.41) is 28.8. The minimum atomic E-state index is -0.892. The van der Waals surface area contributed by atoms with Gasteiger partial charge in [0.15, 0.2) is 11.0 Å². The summed E-state index contributed by atoms with van der Waals surface area (Å²) in [6.45, 7) is -0.224. The maximum atomic E-state index is 9.25. The van der Waals surface area contributed by atoms with Gasteiger partial charge in [-0.3, -0.25) is 0 Å². The molecule has 0 saturated heterocycles. The van der Waals surface area contributed by atoms with Gasteiger partial charge in [-0.1, -0.05) is 23.2 Å². The summed E-state index contributed by atoms with van der Waals surface area (Å²) in [6.07, 6.45) is -0.892. The number of rotatable bonds is 4. The number of hydrogen-bond donors (Lipinski definition) is 3. The van der Waals surface area contributed by atoms with Crippen LogP contribution in [-0.4, -0.2) is 39.8 Å². The summed E-state index contributed by atoms with van der Waals surface area (Å²) in [5.41, 5.74) is 1.23. The maximum Gasteiger partial charge on any atom is 0.161 e. The molecule has 0 aliphatic heterocycles. The number of halogens is 2. The molecule has 0 amide bonds. The first-order valence-electron chi connectivity index (χ1n) is 4.76. The zero-order valence-corrected chi connectivity index (χ0v) is 10.0. The Balaban J connectivity index is 2.35. The Morgan fingerprint density at radius 1 is 1.29 bits per heavy atom. The zero-order valence-electron chi connectivity index (χ0n) is 8.52. The molecule has 1 aromatic carbocycles. The quantitative estimate of drug-likeness (QED) is 0.780. The summed E-state index contributed by atoms with van der Waals surface area (Å²) >= 11 is 11.9. The minimum absolute atomic E-state index is 0.125. The number of hydrogen-bond acceptors (Lipinski definition) is 6. The van der Waals surface area contributed by atoms with Gasteiger partial charge in [0, 0.05) is 6.54 Å². The monoisotopic (exact) mass is 277 g/mol. The van der Waals surface area contributed by atoms with Crippen molar-refractivity contribution in [3.05, 3.63) is 16.1 Å². The van der Waals surface area contributed by atoms with Gasteiger partial charge >= 0.3 is 0 Å². The zero-order chi connectivity index (χ0) is 12.4. The van der Waals surface area contributed by atoms with E-state index in [1.165, 1.54) is 6.07 Å². The van der Waals surface area contributed by atoms with E-state index in [4.69, 9.17) is 28.3 Å². The van der Waals surface area contributed by atoms with E-state index >= 15 is 0 Å². The SMILES string of the molecule is OCC(O)CNc1c(Cl)cc(Cl)c2nonc12. The molecule has 1 atom stereocenters. The highest BCUT2D eigenvalue weighted by Crippen LogP contribution is 2.34. The smallest absolute Gasteiger partial charge is 0.161 e. The molecule has 0 saturated carbocycles. The van der Waals surface area contributed by atoms with Crippen LogP contribution in [0, 0.1) is 0 Å². The molecule has 1 heterocycles. The van der Waals surface area contributed by atoms with E-state index < -0.39 is 6.10 Å². The molecule has 0 radical (unpaired) electrons. The summed E-state index contributed by atoms with van der Waals surface area (Å²) in [4.78, 5) is 0. The molecular weight excluding hydrogens is 269 g/mol. The average molecular weight is 278 g/mol. The highest BCUT2D eigenvalue weighted by atomic mass is 35.5. The van der Waals surface area contributed by atoms with Gasteiger partial charge in [-0.15, -0.1) is 0 Å². The standard InChI is InChI=1S/C9H9Cl2N3O3/c10-5-1-6(11)8-9(14-17-13-8)7(5)12-2-4(16)3-15/h1,4,12,15-16H,2-3H2. The minimum Gasteiger partial charge on any atom is -0.394 e. The maximum absolute atomic E-state index is 9.25. The second-order valence-electron chi connectivity index (χ2n) is 3.39. The molecule has 0 fully saturated rings. The molecule has 92 valence electrons. The Morgan fingerprint density at radius 2 is 2.00 bits per heavy atom. The molecule has 8 heteroatoms. The van der Waals surface area contributed by atoms with Crippen LogP contribution < -0.4 is 5.32 Å². The van der Waals surface area contributed by atoms with Crippen LogP contribution in [0.2, 0.25) is 10.0 Å². The van der Waals surface area contributed by atoms with E-state index in [2.05, 4.69) is 20.3 Å². The van der Waals surface area contributed by atoms with Crippen molar-refractivity contribution in [2.24, 2.45) is 0 Å². The van der Waals surface area contributed by atoms with Crippen molar-refractivity contribution in [1.29, 1.82) is 0 Å². The lowest BCUT2D eigenvalue weighted by Crippen LogP contribution is -2.23. The van der Waals surface area contributed by atoms with Crippen LogP contribution in [0.15, 0.2) is 10.7 Å². The highest BCUT2D eigenvalue weighted by Gasteiger charge is 2.15. The van der Waals surface area contributed by atoms with E-state index in [1.54, 1.807) is 0 Å². The Labute approximate surface area is 106 Å². The lowest BCUT2D eigenvalue weighted by molar-refractivity contribution is 0.105. The van der Waals surface area contributed by atoms with Crippen LogP contribution in [0.25, 0.3) is 11.0 Å². The lowest BCUT2D eigenvalue weighted by atomic mass is 10.2. The number of anilines is 1. The number of benzene rings is 1. The van der Waals surface area contributed by atoms with E-state index in [0.717, 1.165) is 0 Å². The van der Waals surface area contributed by atoms with Gasteiger partial charge in [-0.2, -0.15) is 0 Å². The van der Waals surface area contributed by atoms with Crippen molar-refractivity contribution < 1.29 is 14.8 Å². The van der Waals surface area contributed by atoms with Crippen molar-refractivity contribution in [2.45, 2.75) is 6.10 Å². The van der Waals surface area contributed by atoms with Gasteiger partial charge in [-0.25, -0.2) is 4.63 Å². The van der Waals surface area contributed by atoms with Gasteiger partial charge < -0.3 is 15.5 Å².